The van der Waals surface area contributed by atoms with Gasteiger partial charge in [-0.05, 0) is 19.0 Å². The van der Waals surface area contributed by atoms with Crippen molar-refractivity contribution in [2.75, 3.05) is 13.1 Å². The minimum atomic E-state index is -4.10. The number of nitrogens with zero attached hydrogens (tertiary/aromatic N) is 1. The first-order valence-corrected chi connectivity index (χ1v) is 7.05. The third kappa shape index (κ3) is 3.06. The third-order valence-corrected chi connectivity index (χ3v) is 4.33. The number of benzene rings is 1. The SMILES string of the molecule is O=[N+]([O-])c1ccc(F)c(S(=O)(=O)N[C@@H]2CCNC2)c1. The number of rotatable bonds is 4. The molecule has 2 rings (SSSR count). The molecule has 1 saturated heterocycles. The summed E-state index contributed by atoms with van der Waals surface area (Å²) in [6, 6.07) is 2.09. The highest BCUT2D eigenvalue weighted by Gasteiger charge is 2.26. The van der Waals surface area contributed by atoms with Crippen molar-refractivity contribution in [2.45, 2.75) is 17.4 Å². The van der Waals surface area contributed by atoms with Crippen molar-refractivity contribution in [1.29, 1.82) is 0 Å². The first-order chi connectivity index (χ1) is 8.90. The molecule has 1 aromatic carbocycles. The van der Waals surface area contributed by atoms with Gasteiger partial charge in [-0.25, -0.2) is 17.5 Å². The van der Waals surface area contributed by atoms with Gasteiger partial charge < -0.3 is 5.32 Å². The number of halogens is 1. The van der Waals surface area contributed by atoms with Crippen LogP contribution in [0.2, 0.25) is 0 Å². The number of nitro benzene ring substituents is 1. The standard InChI is InChI=1S/C10H12FN3O4S/c11-9-2-1-8(14(15)16)5-10(9)19(17,18)13-7-3-4-12-6-7/h1-2,5,7,12-13H,3-4,6H2/t7-/m1/s1. The Morgan fingerprint density at radius 1 is 1.47 bits per heavy atom. The molecule has 1 atom stereocenters. The normalized spacial score (nSPS) is 19.5. The molecule has 9 heteroatoms. The Kier molecular flexibility index (Phi) is 3.78. The molecule has 1 aliphatic rings. The van der Waals surface area contributed by atoms with E-state index in [1.165, 1.54) is 0 Å². The van der Waals surface area contributed by atoms with Crippen LogP contribution in [0.25, 0.3) is 0 Å². The second kappa shape index (κ2) is 5.19. The maximum absolute atomic E-state index is 13.5. The molecular formula is C10H12FN3O4S. The zero-order valence-electron chi connectivity index (χ0n) is 9.80. The van der Waals surface area contributed by atoms with Gasteiger partial charge in [-0.15, -0.1) is 0 Å². The lowest BCUT2D eigenvalue weighted by Crippen LogP contribution is -2.36. The van der Waals surface area contributed by atoms with Gasteiger partial charge in [0.15, 0.2) is 0 Å². The van der Waals surface area contributed by atoms with Crippen molar-refractivity contribution in [2.24, 2.45) is 0 Å². The molecule has 0 aromatic heterocycles. The number of nitro groups is 1. The van der Waals surface area contributed by atoms with E-state index >= 15 is 0 Å². The van der Waals surface area contributed by atoms with Crippen LogP contribution in [0.5, 0.6) is 0 Å². The average molecular weight is 289 g/mol. The van der Waals surface area contributed by atoms with Gasteiger partial charge >= 0.3 is 0 Å². The van der Waals surface area contributed by atoms with Gasteiger partial charge in [0, 0.05) is 24.7 Å². The van der Waals surface area contributed by atoms with Crippen LogP contribution in [0.4, 0.5) is 10.1 Å². The van der Waals surface area contributed by atoms with Crippen LogP contribution < -0.4 is 10.0 Å². The fraction of sp³-hybridized carbons (Fsp3) is 0.400. The van der Waals surface area contributed by atoms with E-state index in [1.807, 2.05) is 0 Å². The summed E-state index contributed by atoms with van der Waals surface area (Å²) >= 11 is 0. The van der Waals surface area contributed by atoms with Crippen LogP contribution in [0.3, 0.4) is 0 Å². The Morgan fingerprint density at radius 2 is 2.21 bits per heavy atom. The molecule has 1 aromatic rings. The lowest BCUT2D eigenvalue weighted by molar-refractivity contribution is -0.385. The molecule has 0 spiro atoms. The minimum Gasteiger partial charge on any atom is -0.315 e. The number of sulfonamides is 1. The second-order valence-corrected chi connectivity index (χ2v) is 5.87. The first kappa shape index (κ1) is 13.8. The highest BCUT2D eigenvalue weighted by molar-refractivity contribution is 7.89. The van der Waals surface area contributed by atoms with Crippen LogP contribution >= 0.6 is 0 Å². The van der Waals surface area contributed by atoms with Gasteiger partial charge in [0.1, 0.15) is 10.7 Å². The van der Waals surface area contributed by atoms with Crippen LogP contribution in [0, 0.1) is 15.9 Å². The molecule has 0 unspecified atom stereocenters. The van der Waals surface area contributed by atoms with E-state index < -0.39 is 31.3 Å². The van der Waals surface area contributed by atoms with Crippen LogP contribution in [-0.4, -0.2) is 32.5 Å². The number of nitrogens with one attached hydrogen (secondary N) is 2. The molecule has 0 bridgehead atoms. The monoisotopic (exact) mass is 289 g/mol. The Morgan fingerprint density at radius 3 is 2.79 bits per heavy atom. The molecule has 104 valence electrons. The molecule has 0 amide bonds. The number of non-ortho nitro benzene ring substituents is 1. The van der Waals surface area contributed by atoms with Crippen LogP contribution in [-0.2, 0) is 10.0 Å². The molecule has 2 N–H and O–H groups in total. The average Bonchev–Trinajstić information content (AvgIpc) is 2.81. The van der Waals surface area contributed by atoms with Gasteiger partial charge in [-0.2, -0.15) is 0 Å². The molecular weight excluding hydrogens is 277 g/mol. The largest absolute Gasteiger partial charge is 0.315 e. The van der Waals surface area contributed by atoms with Crippen LogP contribution in [0.15, 0.2) is 23.1 Å². The lowest BCUT2D eigenvalue weighted by atomic mass is 10.3. The van der Waals surface area contributed by atoms with E-state index in [-0.39, 0.29) is 6.04 Å². The Balaban J connectivity index is 2.33. The molecule has 0 saturated carbocycles. The van der Waals surface area contributed by atoms with E-state index in [0.29, 0.717) is 19.5 Å². The lowest BCUT2D eigenvalue weighted by Gasteiger charge is -2.12. The molecule has 19 heavy (non-hydrogen) atoms. The molecule has 1 aliphatic heterocycles. The quantitative estimate of drug-likeness (QED) is 0.616. The first-order valence-electron chi connectivity index (χ1n) is 5.57. The molecule has 7 nitrogen and oxygen atoms in total. The van der Waals surface area contributed by atoms with Crippen molar-refractivity contribution in [3.63, 3.8) is 0 Å². The number of hydrogen-bond donors (Lipinski definition) is 2. The van der Waals surface area contributed by atoms with Crippen LogP contribution in [0.1, 0.15) is 6.42 Å². The van der Waals surface area contributed by atoms with E-state index in [1.54, 1.807) is 0 Å². The van der Waals surface area contributed by atoms with E-state index in [4.69, 9.17) is 0 Å². The zero-order valence-corrected chi connectivity index (χ0v) is 10.6. The van der Waals surface area contributed by atoms with Gasteiger partial charge in [-0.1, -0.05) is 0 Å². The van der Waals surface area contributed by atoms with E-state index in [0.717, 1.165) is 18.2 Å². The second-order valence-electron chi connectivity index (χ2n) is 4.18. The van der Waals surface area contributed by atoms with Gasteiger partial charge in [0.25, 0.3) is 5.69 Å². The van der Waals surface area contributed by atoms with Gasteiger partial charge in [0.2, 0.25) is 10.0 Å². The summed E-state index contributed by atoms with van der Waals surface area (Å²) < 4.78 is 39.8. The summed E-state index contributed by atoms with van der Waals surface area (Å²) in [4.78, 5) is 9.13. The highest BCUT2D eigenvalue weighted by atomic mass is 32.2. The summed E-state index contributed by atoms with van der Waals surface area (Å²) in [6.45, 7) is 1.13. The Labute approximate surface area is 109 Å². The molecule has 1 heterocycles. The van der Waals surface area contributed by atoms with Crippen molar-refractivity contribution in [3.05, 3.63) is 34.1 Å². The molecule has 0 radical (unpaired) electrons. The smallest absolute Gasteiger partial charge is 0.270 e. The Bertz CT molecular complexity index is 599. The minimum absolute atomic E-state index is 0.330. The topological polar surface area (TPSA) is 101 Å². The summed E-state index contributed by atoms with van der Waals surface area (Å²) in [5.41, 5.74) is -0.466. The van der Waals surface area contributed by atoms with Crippen molar-refractivity contribution < 1.29 is 17.7 Å². The maximum Gasteiger partial charge on any atom is 0.270 e. The zero-order chi connectivity index (χ0) is 14.0. The van der Waals surface area contributed by atoms with E-state index in [9.17, 15) is 22.9 Å². The summed E-state index contributed by atoms with van der Waals surface area (Å²) in [6.07, 6.45) is 0.593. The van der Waals surface area contributed by atoms with E-state index in [2.05, 4.69) is 10.0 Å². The molecule has 1 fully saturated rings. The van der Waals surface area contributed by atoms with Gasteiger partial charge in [-0.3, -0.25) is 10.1 Å². The summed E-state index contributed by atoms with van der Waals surface area (Å²) in [7, 11) is -4.10. The predicted octanol–water partition coefficient (Wildman–Crippen LogP) is 0.374. The Hall–Kier alpha value is -1.58. The predicted molar refractivity (Wildman–Crippen MR) is 64.7 cm³/mol. The molecule has 0 aliphatic carbocycles. The summed E-state index contributed by atoms with van der Waals surface area (Å²) in [5, 5.41) is 13.6. The van der Waals surface area contributed by atoms with Crippen molar-refractivity contribution >= 4 is 15.7 Å². The maximum atomic E-state index is 13.5. The highest BCUT2D eigenvalue weighted by Crippen LogP contribution is 2.21. The third-order valence-electron chi connectivity index (χ3n) is 2.80. The summed E-state index contributed by atoms with van der Waals surface area (Å²) in [5.74, 6) is -1.01. The fourth-order valence-corrected chi connectivity index (χ4v) is 3.22. The number of hydrogen-bond acceptors (Lipinski definition) is 5. The van der Waals surface area contributed by atoms with Crippen molar-refractivity contribution in [3.8, 4) is 0 Å². The van der Waals surface area contributed by atoms with Crippen molar-refractivity contribution in [1.82, 2.24) is 10.0 Å². The fourth-order valence-electron chi connectivity index (χ4n) is 1.85. The van der Waals surface area contributed by atoms with Gasteiger partial charge in [0.05, 0.1) is 4.92 Å².